The van der Waals surface area contributed by atoms with E-state index >= 15 is 0 Å². The van der Waals surface area contributed by atoms with E-state index in [1.165, 1.54) is 11.1 Å². The number of hydrogen-bond acceptors (Lipinski definition) is 4. The number of hydrogen-bond donors (Lipinski definition) is 1. The molecule has 4 rings (SSSR count). The van der Waals surface area contributed by atoms with Gasteiger partial charge in [0.05, 0.1) is 13.2 Å². The molecule has 6 heteroatoms. The number of benzene rings is 2. The molecule has 3 aromatic rings. The fourth-order valence-electron chi connectivity index (χ4n) is 3.68. The number of aromatic nitrogens is 2. The van der Waals surface area contributed by atoms with Crippen LogP contribution >= 0.6 is 0 Å². The Balaban J connectivity index is 1.52. The minimum Gasteiger partial charge on any atom is -0.378 e. The van der Waals surface area contributed by atoms with Crippen LogP contribution in [0.5, 0.6) is 0 Å². The molecule has 2 heterocycles. The van der Waals surface area contributed by atoms with Crippen molar-refractivity contribution in [2.45, 2.75) is 26.9 Å². The summed E-state index contributed by atoms with van der Waals surface area (Å²) in [5.41, 5.74) is 5.69. The number of aryl methyl sites for hydroxylation is 2. The van der Waals surface area contributed by atoms with E-state index in [9.17, 15) is 4.79 Å². The highest BCUT2D eigenvalue weighted by atomic mass is 16.5. The Labute approximate surface area is 177 Å². The average Bonchev–Trinajstić information content (AvgIpc) is 3.17. The standard InChI is InChI=1S/C24H28N4O2/c1-18-7-9-20(10-8-18)15-25-23(29)17-28-16-22(21-6-4-3-5-19(21)2)24(26-28)27-11-13-30-14-12-27/h3-10,16H,11-15,17H2,1-2H3,(H,25,29). The van der Waals surface area contributed by atoms with Gasteiger partial charge in [0.15, 0.2) is 5.82 Å². The maximum Gasteiger partial charge on any atom is 0.241 e. The summed E-state index contributed by atoms with van der Waals surface area (Å²) in [6.07, 6.45) is 1.98. The van der Waals surface area contributed by atoms with Gasteiger partial charge in [-0.1, -0.05) is 54.1 Å². The number of ether oxygens (including phenoxy) is 1. The van der Waals surface area contributed by atoms with Crippen molar-refractivity contribution in [2.75, 3.05) is 31.2 Å². The molecule has 1 saturated heterocycles. The number of carbonyl (C=O) groups is 1. The van der Waals surface area contributed by atoms with Crippen LogP contribution in [0.2, 0.25) is 0 Å². The number of morpholine rings is 1. The predicted molar refractivity (Wildman–Crippen MR) is 118 cm³/mol. The highest BCUT2D eigenvalue weighted by molar-refractivity contribution is 5.79. The Morgan fingerprint density at radius 3 is 2.50 bits per heavy atom. The maximum atomic E-state index is 12.5. The van der Waals surface area contributed by atoms with Crippen LogP contribution in [0.4, 0.5) is 5.82 Å². The second kappa shape index (κ2) is 9.13. The van der Waals surface area contributed by atoms with Gasteiger partial charge in [-0.15, -0.1) is 0 Å². The largest absolute Gasteiger partial charge is 0.378 e. The second-order valence-corrected chi connectivity index (χ2v) is 7.74. The third kappa shape index (κ3) is 4.71. The van der Waals surface area contributed by atoms with E-state index in [2.05, 4.69) is 48.3 Å². The summed E-state index contributed by atoms with van der Waals surface area (Å²) >= 11 is 0. The van der Waals surface area contributed by atoms with Gasteiger partial charge in [0.1, 0.15) is 6.54 Å². The van der Waals surface area contributed by atoms with Crippen molar-refractivity contribution in [3.63, 3.8) is 0 Å². The van der Waals surface area contributed by atoms with Crippen LogP contribution in [0.3, 0.4) is 0 Å². The zero-order valence-corrected chi connectivity index (χ0v) is 17.6. The second-order valence-electron chi connectivity index (χ2n) is 7.74. The Hall–Kier alpha value is -3.12. The van der Waals surface area contributed by atoms with E-state index in [0.29, 0.717) is 19.8 Å². The van der Waals surface area contributed by atoms with Crippen LogP contribution in [0, 0.1) is 13.8 Å². The molecule has 1 aliphatic heterocycles. The minimum atomic E-state index is -0.0528. The molecule has 0 unspecified atom stereocenters. The molecule has 1 aliphatic rings. The molecular formula is C24H28N4O2. The van der Waals surface area contributed by atoms with Gasteiger partial charge in [0, 0.05) is 31.4 Å². The summed E-state index contributed by atoms with van der Waals surface area (Å²) in [5.74, 6) is 0.863. The molecule has 0 aliphatic carbocycles. The first kappa shape index (κ1) is 20.2. The van der Waals surface area contributed by atoms with Crippen LogP contribution < -0.4 is 10.2 Å². The first-order valence-electron chi connectivity index (χ1n) is 10.4. The van der Waals surface area contributed by atoms with Gasteiger partial charge in [-0.05, 0) is 30.5 Å². The molecule has 1 aromatic heterocycles. The zero-order valence-electron chi connectivity index (χ0n) is 17.6. The smallest absolute Gasteiger partial charge is 0.241 e. The van der Waals surface area contributed by atoms with Crippen LogP contribution in [-0.2, 0) is 22.6 Å². The summed E-state index contributed by atoms with van der Waals surface area (Å²) in [7, 11) is 0. The fraction of sp³-hybridized carbons (Fsp3) is 0.333. The normalized spacial score (nSPS) is 14.0. The quantitative estimate of drug-likeness (QED) is 0.685. The van der Waals surface area contributed by atoms with E-state index in [0.717, 1.165) is 35.6 Å². The van der Waals surface area contributed by atoms with Crippen LogP contribution in [0.1, 0.15) is 16.7 Å². The van der Waals surface area contributed by atoms with Gasteiger partial charge in [-0.3, -0.25) is 9.48 Å². The maximum absolute atomic E-state index is 12.5. The number of amides is 1. The lowest BCUT2D eigenvalue weighted by Gasteiger charge is -2.27. The number of rotatable bonds is 6. The van der Waals surface area contributed by atoms with Crippen LogP contribution in [0.25, 0.3) is 11.1 Å². The summed E-state index contributed by atoms with van der Waals surface area (Å²) in [5, 5.41) is 7.78. The molecule has 156 valence electrons. The molecule has 6 nitrogen and oxygen atoms in total. The minimum absolute atomic E-state index is 0.0528. The van der Waals surface area contributed by atoms with Gasteiger partial charge in [0.25, 0.3) is 0 Å². The van der Waals surface area contributed by atoms with E-state index in [4.69, 9.17) is 9.84 Å². The number of nitrogens with one attached hydrogen (secondary N) is 1. The SMILES string of the molecule is Cc1ccc(CNC(=O)Cn2cc(-c3ccccc3C)c(N3CCOCC3)n2)cc1. The third-order valence-corrected chi connectivity index (χ3v) is 5.40. The van der Waals surface area contributed by atoms with Crippen molar-refractivity contribution in [1.82, 2.24) is 15.1 Å². The highest BCUT2D eigenvalue weighted by Gasteiger charge is 2.21. The van der Waals surface area contributed by atoms with Gasteiger partial charge in [-0.2, -0.15) is 5.10 Å². The van der Waals surface area contributed by atoms with Crippen LogP contribution in [0.15, 0.2) is 54.7 Å². The summed E-state index contributed by atoms with van der Waals surface area (Å²) < 4.78 is 7.25. The number of carbonyl (C=O) groups excluding carboxylic acids is 1. The molecule has 1 N–H and O–H groups in total. The molecule has 0 bridgehead atoms. The Bertz CT molecular complexity index is 1000. The molecule has 1 fully saturated rings. The number of nitrogens with zero attached hydrogens (tertiary/aromatic N) is 3. The highest BCUT2D eigenvalue weighted by Crippen LogP contribution is 2.32. The molecule has 0 spiro atoms. The van der Waals surface area contributed by atoms with Crippen LogP contribution in [-0.4, -0.2) is 42.0 Å². The van der Waals surface area contributed by atoms with E-state index in [-0.39, 0.29) is 12.5 Å². The molecule has 30 heavy (non-hydrogen) atoms. The lowest BCUT2D eigenvalue weighted by Crippen LogP contribution is -2.37. The fourth-order valence-corrected chi connectivity index (χ4v) is 3.68. The third-order valence-electron chi connectivity index (χ3n) is 5.40. The summed E-state index contributed by atoms with van der Waals surface area (Å²) in [4.78, 5) is 14.8. The Morgan fingerprint density at radius 1 is 1.03 bits per heavy atom. The van der Waals surface area contributed by atoms with E-state index < -0.39 is 0 Å². The van der Waals surface area contributed by atoms with Gasteiger partial charge < -0.3 is 15.0 Å². The van der Waals surface area contributed by atoms with Crippen molar-refractivity contribution >= 4 is 11.7 Å². The predicted octanol–water partition coefficient (Wildman–Crippen LogP) is 3.32. The van der Waals surface area contributed by atoms with Gasteiger partial charge in [0.2, 0.25) is 5.91 Å². The molecule has 1 amide bonds. The Kier molecular flexibility index (Phi) is 6.14. The van der Waals surface area contributed by atoms with Crippen molar-refractivity contribution in [2.24, 2.45) is 0 Å². The molecular weight excluding hydrogens is 376 g/mol. The first-order chi connectivity index (χ1) is 14.6. The van der Waals surface area contributed by atoms with Gasteiger partial charge >= 0.3 is 0 Å². The monoisotopic (exact) mass is 404 g/mol. The molecule has 0 saturated carbocycles. The van der Waals surface area contributed by atoms with E-state index in [1.54, 1.807) is 4.68 Å². The lowest BCUT2D eigenvalue weighted by atomic mass is 10.0. The topological polar surface area (TPSA) is 59.4 Å². The Morgan fingerprint density at radius 2 is 1.77 bits per heavy atom. The van der Waals surface area contributed by atoms with E-state index in [1.807, 2.05) is 30.5 Å². The zero-order chi connectivity index (χ0) is 20.9. The summed E-state index contributed by atoms with van der Waals surface area (Å²) in [6.45, 7) is 7.85. The van der Waals surface area contributed by atoms with Crippen molar-refractivity contribution in [3.05, 3.63) is 71.4 Å². The lowest BCUT2D eigenvalue weighted by molar-refractivity contribution is -0.122. The molecule has 2 aromatic carbocycles. The molecule has 0 radical (unpaired) electrons. The first-order valence-corrected chi connectivity index (χ1v) is 10.4. The van der Waals surface area contributed by atoms with Crippen molar-refractivity contribution in [3.8, 4) is 11.1 Å². The van der Waals surface area contributed by atoms with Crippen molar-refractivity contribution < 1.29 is 9.53 Å². The average molecular weight is 405 g/mol. The van der Waals surface area contributed by atoms with Gasteiger partial charge in [-0.25, -0.2) is 0 Å². The summed E-state index contributed by atoms with van der Waals surface area (Å²) in [6, 6.07) is 16.5. The van der Waals surface area contributed by atoms with Crippen molar-refractivity contribution in [1.29, 1.82) is 0 Å². The molecule has 0 atom stereocenters. The number of anilines is 1.